The first-order chi connectivity index (χ1) is 10.5. The van der Waals surface area contributed by atoms with E-state index in [1.165, 1.54) is 6.07 Å². The Hall–Kier alpha value is -1.43. The van der Waals surface area contributed by atoms with E-state index in [1.54, 1.807) is 32.9 Å². The van der Waals surface area contributed by atoms with Crippen molar-refractivity contribution in [2.45, 2.75) is 32.6 Å². The van der Waals surface area contributed by atoms with Crippen LogP contribution in [0, 0.1) is 27.7 Å². The summed E-state index contributed by atoms with van der Waals surface area (Å²) >= 11 is 12.2. The van der Waals surface area contributed by atoms with E-state index < -0.39 is 10.0 Å². The Morgan fingerprint density at radius 3 is 2.04 bits per heavy atom. The van der Waals surface area contributed by atoms with E-state index in [2.05, 4.69) is 4.72 Å². The molecule has 2 aromatic rings. The van der Waals surface area contributed by atoms with Crippen LogP contribution in [0.3, 0.4) is 0 Å². The number of phenolic OH excluding ortho intramolecular Hbond substituents is 1. The summed E-state index contributed by atoms with van der Waals surface area (Å²) in [7, 11) is -3.87. The molecule has 0 spiro atoms. The highest BCUT2D eigenvalue weighted by Gasteiger charge is 2.23. The van der Waals surface area contributed by atoms with Gasteiger partial charge in [-0.25, -0.2) is 8.42 Å². The monoisotopic (exact) mass is 373 g/mol. The van der Waals surface area contributed by atoms with Crippen LogP contribution < -0.4 is 4.72 Å². The number of rotatable bonds is 3. The van der Waals surface area contributed by atoms with Crippen LogP contribution in [0.5, 0.6) is 5.75 Å². The van der Waals surface area contributed by atoms with Crippen molar-refractivity contribution >= 4 is 38.9 Å². The lowest BCUT2D eigenvalue weighted by Gasteiger charge is -2.17. The Labute approximate surface area is 146 Å². The maximum absolute atomic E-state index is 12.8. The average molecular weight is 374 g/mol. The summed E-state index contributed by atoms with van der Waals surface area (Å²) in [4.78, 5) is 0.195. The van der Waals surface area contributed by atoms with Crippen molar-refractivity contribution in [2.75, 3.05) is 4.72 Å². The lowest BCUT2D eigenvalue weighted by atomic mass is 10.1. The predicted molar refractivity (Wildman–Crippen MR) is 94.3 cm³/mol. The lowest BCUT2D eigenvalue weighted by Crippen LogP contribution is -2.16. The highest BCUT2D eigenvalue weighted by atomic mass is 35.5. The van der Waals surface area contributed by atoms with Crippen molar-refractivity contribution in [3.63, 3.8) is 0 Å². The maximum atomic E-state index is 12.8. The van der Waals surface area contributed by atoms with Crippen LogP contribution >= 0.6 is 23.2 Å². The van der Waals surface area contributed by atoms with Gasteiger partial charge in [-0.1, -0.05) is 40.9 Å². The van der Waals surface area contributed by atoms with E-state index in [4.69, 9.17) is 23.2 Å². The number of sulfonamides is 1. The van der Waals surface area contributed by atoms with Crippen molar-refractivity contribution < 1.29 is 13.5 Å². The number of aryl methyl sites for hydroxylation is 3. The van der Waals surface area contributed by atoms with Gasteiger partial charge in [0.1, 0.15) is 5.75 Å². The van der Waals surface area contributed by atoms with Gasteiger partial charge in [-0.3, -0.25) is 4.72 Å². The molecule has 0 aromatic heterocycles. The van der Waals surface area contributed by atoms with Gasteiger partial charge in [-0.2, -0.15) is 0 Å². The normalized spacial score (nSPS) is 11.6. The van der Waals surface area contributed by atoms with Crippen molar-refractivity contribution in [1.29, 1.82) is 0 Å². The van der Waals surface area contributed by atoms with Gasteiger partial charge in [0.15, 0.2) is 0 Å². The van der Waals surface area contributed by atoms with Crippen LogP contribution in [-0.2, 0) is 10.0 Å². The third-order valence-electron chi connectivity index (χ3n) is 3.55. The fraction of sp³-hybridized carbons (Fsp3) is 0.250. The Morgan fingerprint density at radius 1 is 1.00 bits per heavy atom. The van der Waals surface area contributed by atoms with Crippen LogP contribution in [0.25, 0.3) is 0 Å². The summed E-state index contributed by atoms with van der Waals surface area (Å²) in [6.07, 6.45) is 0. The van der Waals surface area contributed by atoms with Gasteiger partial charge in [0, 0.05) is 11.6 Å². The topological polar surface area (TPSA) is 66.4 Å². The second-order valence-electron chi connectivity index (χ2n) is 5.52. The number of hydrogen-bond donors (Lipinski definition) is 2. The lowest BCUT2D eigenvalue weighted by molar-refractivity contribution is 0.471. The second-order valence-corrected chi connectivity index (χ2v) is 7.93. The molecule has 0 heterocycles. The van der Waals surface area contributed by atoms with E-state index in [0.717, 1.165) is 5.56 Å². The van der Waals surface area contributed by atoms with Gasteiger partial charge in [0.2, 0.25) is 0 Å². The highest BCUT2D eigenvalue weighted by Crippen LogP contribution is 2.39. The number of anilines is 1. The van der Waals surface area contributed by atoms with Crippen LogP contribution in [0.2, 0.25) is 10.0 Å². The van der Waals surface area contributed by atoms with Crippen LogP contribution in [0.15, 0.2) is 23.1 Å². The zero-order valence-corrected chi connectivity index (χ0v) is 15.5. The first kappa shape index (κ1) is 17.9. The Kier molecular flexibility index (Phi) is 4.85. The number of aromatic hydroxyl groups is 1. The molecule has 124 valence electrons. The fourth-order valence-electron chi connectivity index (χ4n) is 2.57. The molecule has 7 heteroatoms. The smallest absolute Gasteiger partial charge is 0.262 e. The SMILES string of the molecule is Cc1cc(C)c(S(=O)(=O)Nc2c(Cl)cc(O)c(C)c2Cl)c(C)c1. The van der Waals surface area contributed by atoms with Crippen LogP contribution in [0.1, 0.15) is 22.3 Å². The first-order valence-electron chi connectivity index (χ1n) is 6.83. The van der Waals surface area contributed by atoms with E-state index in [1.807, 2.05) is 6.92 Å². The van der Waals surface area contributed by atoms with Crippen molar-refractivity contribution in [3.05, 3.63) is 50.5 Å². The minimum atomic E-state index is -3.87. The summed E-state index contributed by atoms with van der Waals surface area (Å²) in [5.41, 5.74) is 2.67. The summed E-state index contributed by atoms with van der Waals surface area (Å²) in [5.74, 6) is -0.0920. The average Bonchev–Trinajstić information content (AvgIpc) is 2.39. The van der Waals surface area contributed by atoms with Crippen LogP contribution in [0.4, 0.5) is 5.69 Å². The fourth-order valence-corrected chi connectivity index (χ4v) is 4.77. The van der Waals surface area contributed by atoms with Gasteiger partial charge in [-0.15, -0.1) is 0 Å². The Bertz CT molecular complexity index is 870. The molecule has 0 saturated carbocycles. The number of benzene rings is 2. The van der Waals surface area contributed by atoms with Gasteiger partial charge in [0.05, 0.1) is 20.6 Å². The molecule has 0 amide bonds. The summed E-state index contributed by atoms with van der Waals surface area (Å²) in [6, 6.07) is 4.86. The third kappa shape index (κ3) is 3.42. The molecule has 2 aromatic carbocycles. The molecule has 23 heavy (non-hydrogen) atoms. The first-order valence-corrected chi connectivity index (χ1v) is 9.06. The maximum Gasteiger partial charge on any atom is 0.262 e. The molecule has 0 atom stereocenters. The highest BCUT2D eigenvalue weighted by molar-refractivity contribution is 7.92. The Morgan fingerprint density at radius 2 is 1.52 bits per heavy atom. The molecule has 0 bridgehead atoms. The van der Waals surface area contributed by atoms with E-state index in [9.17, 15) is 13.5 Å². The molecule has 0 aliphatic rings. The van der Waals surface area contributed by atoms with Crippen molar-refractivity contribution in [3.8, 4) is 5.75 Å². The number of hydrogen-bond acceptors (Lipinski definition) is 3. The number of nitrogens with one attached hydrogen (secondary N) is 1. The molecule has 0 fully saturated rings. The standard InChI is InChI=1S/C16H17Cl2NO3S/c1-8-5-9(2)16(10(3)6-8)23(21,22)19-15-12(17)7-13(20)11(4)14(15)18/h5-7,19-20H,1-4H3. The second kappa shape index (κ2) is 6.23. The van der Waals surface area contributed by atoms with Gasteiger partial charge in [0.25, 0.3) is 10.0 Å². The minimum Gasteiger partial charge on any atom is -0.508 e. The zero-order valence-electron chi connectivity index (χ0n) is 13.2. The minimum absolute atomic E-state index is 0.0316. The zero-order chi connectivity index (χ0) is 17.5. The largest absolute Gasteiger partial charge is 0.508 e. The molecule has 2 N–H and O–H groups in total. The molecular formula is C16H17Cl2NO3S. The van der Waals surface area contributed by atoms with Gasteiger partial charge >= 0.3 is 0 Å². The van der Waals surface area contributed by atoms with Gasteiger partial charge in [-0.05, 0) is 38.8 Å². The van der Waals surface area contributed by atoms with E-state index >= 15 is 0 Å². The van der Waals surface area contributed by atoms with Crippen LogP contribution in [-0.4, -0.2) is 13.5 Å². The summed E-state index contributed by atoms with van der Waals surface area (Å²) < 4.78 is 28.0. The van der Waals surface area contributed by atoms with E-state index in [-0.39, 0.29) is 26.4 Å². The molecule has 0 aliphatic carbocycles. The molecule has 4 nitrogen and oxygen atoms in total. The molecule has 0 saturated heterocycles. The predicted octanol–water partition coefficient (Wildman–Crippen LogP) is 4.73. The van der Waals surface area contributed by atoms with Crippen molar-refractivity contribution in [1.82, 2.24) is 0 Å². The third-order valence-corrected chi connectivity index (χ3v) is 5.97. The van der Waals surface area contributed by atoms with E-state index in [0.29, 0.717) is 16.7 Å². The summed E-state index contributed by atoms with van der Waals surface area (Å²) in [5, 5.41) is 9.80. The van der Waals surface area contributed by atoms with Gasteiger partial charge < -0.3 is 5.11 Å². The molecule has 2 rings (SSSR count). The summed E-state index contributed by atoms with van der Waals surface area (Å²) in [6.45, 7) is 6.95. The van der Waals surface area contributed by atoms with Crippen molar-refractivity contribution in [2.24, 2.45) is 0 Å². The quantitative estimate of drug-likeness (QED) is 0.763. The molecule has 0 aliphatic heterocycles. The molecule has 0 radical (unpaired) electrons. The number of phenols is 1. The molecule has 0 unspecified atom stereocenters. The Balaban J connectivity index is 2.59. The number of halogens is 2. The molecular weight excluding hydrogens is 357 g/mol.